The fourth-order valence-electron chi connectivity index (χ4n) is 1.23. The lowest BCUT2D eigenvalue weighted by atomic mass is 10.0. The van der Waals surface area contributed by atoms with Gasteiger partial charge in [0.2, 0.25) is 0 Å². The number of rotatable bonds is 4. The first-order chi connectivity index (χ1) is 6.61. The molecular formula is C11H16ClNO2. The Bertz CT molecular complexity index is 301. The Morgan fingerprint density at radius 1 is 1.27 bits per heavy atom. The highest BCUT2D eigenvalue weighted by Crippen LogP contribution is 2.12. The topological polar surface area (TPSA) is 49.3 Å². The fraction of sp³-hybridized carbons (Fsp3) is 0.364. The number of hydrogen-bond acceptors (Lipinski definition) is 2. The van der Waals surface area contributed by atoms with Gasteiger partial charge in [0.1, 0.15) is 6.04 Å². The van der Waals surface area contributed by atoms with Crippen LogP contribution in [0.3, 0.4) is 0 Å². The van der Waals surface area contributed by atoms with Crippen LogP contribution in [0, 0.1) is 5.92 Å². The Morgan fingerprint density at radius 2 is 1.80 bits per heavy atom. The number of carbonyl (C=O) groups is 1. The highest BCUT2D eigenvalue weighted by molar-refractivity contribution is 5.85. The van der Waals surface area contributed by atoms with E-state index in [2.05, 4.69) is 5.32 Å². The van der Waals surface area contributed by atoms with E-state index in [0.717, 1.165) is 5.69 Å². The molecule has 0 aliphatic rings. The summed E-state index contributed by atoms with van der Waals surface area (Å²) in [5.41, 5.74) is 0.841. The average molecular weight is 230 g/mol. The minimum absolute atomic E-state index is 0. The van der Waals surface area contributed by atoms with Crippen molar-refractivity contribution in [1.82, 2.24) is 0 Å². The van der Waals surface area contributed by atoms with E-state index in [0.29, 0.717) is 0 Å². The number of carboxylic acids is 1. The normalized spacial score (nSPS) is 11.7. The number of aliphatic carboxylic acids is 1. The van der Waals surface area contributed by atoms with Crippen LogP contribution in [-0.2, 0) is 4.79 Å². The first-order valence-corrected chi connectivity index (χ1v) is 4.65. The zero-order valence-electron chi connectivity index (χ0n) is 8.81. The second kappa shape index (κ2) is 6.30. The van der Waals surface area contributed by atoms with E-state index in [9.17, 15) is 4.79 Å². The SMILES string of the molecule is CC(C)[C@H](Nc1ccccc1)C(=O)O.Cl. The molecule has 0 aromatic heterocycles. The molecule has 0 radical (unpaired) electrons. The van der Waals surface area contributed by atoms with Crippen molar-refractivity contribution in [3.05, 3.63) is 30.3 Å². The van der Waals surface area contributed by atoms with Crippen molar-refractivity contribution in [2.75, 3.05) is 5.32 Å². The van der Waals surface area contributed by atoms with Crippen LogP contribution >= 0.6 is 12.4 Å². The maximum Gasteiger partial charge on any atom is 0.326 e. The molecular weight excluding hydrogens is 214 g/mol. The molecule has 1 atom stereocenters. The summed E-state index contributed by atoms with van der Waals surface area (Å²) in [4.78, 5) is 10.9. The summed E-state index contributed by atoms with van der Waals surface area (Å²) in [6.45, 7) is 3.77. The summed E-state index contributed by atoms with van der Waals surface area (Å²) in [6.07, 6.45) is 0. The second-order valence-electron chi connectivity index (χ2n) is 3.57. The van der Waals surface area contributed by atoms with Gasteiger partial charge < -0.3 is 10.4 Å². The van der Waals surface area contributed by atoms with Gasteiger partial charge in [-0.15, -0.1) is 12.4 Å². The predicted molar refractivity (Wildman–Crippen MR) is 63.6 cm³/mol. The molecule has 0 aliphatic carbocycles. The third-order valence-electron chi connectivity index (χ3n) is 2.03. The number of halogens is 1. The van der Waals surface area contributed by atoms with Crippen molar-refractivity contribution in [1.29, 1.82) is 0 Å². The second-order valence-corrected chi connectivity index (χ2v) is 3.57. The van der Waals surface area contributed by atoms with Crippen LogP contribution in [0.15, 0.2) is 30.3 Å². The monoisotopic (exact) mass is 229 g/mol. The van der Waals surface area contributed by atoms with E-state index in [4.69, 9.17) is 5.11 Å². The highest BCUT2D eigenvalue weighted by atomic mass is 35.5. The standard InChI is InChI=1S/C11H15NO2.ClH/c1-8(2)10(11(13)14)12-9-6-4-3-5-7-9;/h3-8,10,12H,1-2H3,(H,13,14);1H/t10-;/m0./s1. The van der Waals surface area contributed by atoms with Crippen LogP contribution in [0.4, 0.5) is 5.69 Å². The van der Waals surface area contributed by atoms with Crippen LogP contribution in [0.5, 0.6) is 0 Å². The van der Waals surface area contributed by atoms with Gasteiger partial charge in [-0.1, -0.05) is 32.0 Å². The van der Waals surface area contributed by atoms with Crippen LogP contribution < -0.4 is 5.32 Å². The smallest absolute Gasteiger partial charge is 0.326 e. The largest absolute Gasteiger partial charge is 0.480 e. The number of benzene rings is 1. The molecule has 0 heterocycles. The van der Waals surface area contributed by atoms with Gasteiger partial charge in [-0.25, -0.2) is 4.79 Å². The van der Waals surface area contributed by atoms with Gasteiger partial charge in [-0.3, -0.25) is 0 Å². The highest BCUT2D eigenvalue weighted by Gasteiger charge is 2.20. The molecule has 84 valence electrons. The molecule has 0 saturated heterocycles. The lowest BCUT2D eigenvalue weighted by Crippen LogP contribution is -2.34. The van der Waals surface area contributed by atoms with Gasteiger partial charge in [0, 0.05) is 5.69 Å². The summed E-state index contributed by atoms with van der Waals surface area (Å²) in [5.74, 6) is -0.753. The van der Waals surface area contributed by atoms with E-state index in [1.165, 1.54) is 0 Å². The predicted octanol–water partition coefficient (Wildman–Crippen LogP) is 2.63. The van der Waals surface area contributed by atoms with Crippen molar-refractivity contribution < 1.29 is 9.90 Å². The summed E-state index contributed by atoms with van der Waals surface area (Å²) < 4.78 is 0. The summed E-state index contributed by atoms with van der Waals surface area (Å²) in [6, 6.07) is 8.84. The first-order valence-electron chi connectivity index (χ1n) is 4.65. The van der Waals surface area contributed by atoms with Gasteiger partial charge in [-0.2, -0.15) is 0 Å². The molecule has 1 rings (SSSR count). The molecule has 1 aromatic rings. The van der Waals surface area contributed by atoms with Crippen molar-refractivity contribution in [2.45, 2.75) is 19.9 Å². The minimum atomic E-state index is -0.816. The molecule has 0 amide bonds. The summed E-state index contributed by atoms with van der Waals surface area (Å²) in [5, 5.41) is 11.9. The average Bonchev–Trinajstić information content (AvgIpc) is 2.15. The van der Waals surface area contributed by atoms with Crippen LogP contribution in [0.2, 0.25) is 0 Å². The fourth-order valence-corrected chi connectivity index (χ4v) is 1.23. The van der Waals surface area contributed by atoms with Crippen LogP contribution in [0.25, 0.3) is 0 Å². The third kappa shape index (κ3) is 4.21. The molecule has 2 N–H and O–H groups in total. The van der Waals surface area contributed by atoms with Gasteiger partial charge in [-0.05, 0) is 18.1 Å². The zero-order valence-corrected chi connectivity index (χ0v) is 9.62. The molecule has 4 heteroatoms. The van der Waals surface area contributed by atoms with Gasteiger partial charge in [0.15, 0.2) is 0 Å². The number of nitrogens with one attached hydrogen (secondary N) is 1. The summed E-state index contributed by atoms with van der Waals surface area (Å²) >= 11 is 0. The Labute approximate surface area is 95.9 Å². The number of anilines is 1. The molecule has 1 aromatic carbocycles. The lowest BCUT2D eigenvalue weighted by molar-refractivity contribution is -0.138. The number of hydrogen-bond donors (Lipinski definition) is 2. The Hall–Kier alpha value is -1.22. The number of carboxylic acid groups (broad SMARTS) is 1. The van der Waals surface area contributed by atoms with Gasteiger partial charge in [0.05, 0.1) is 0 Å². The van der Waals surface area contributed by atoms with Gasteiger partial charge >= 0.3 is 5.97 Å². The third-order valence-corrected chi connectivity index (χ3v) is 2.03. The van der Waals surface area contributed by atoms with E-state index in [1.807, 2.05) is 44.2 Å². The molecule has 15 heavy (non-hydrogen) atoms. The molecule has 0 aliphatic heterocycles. The Balaban J connectivity index is 0.00000196. The van der Waals surface area contributed by atoms with Gasteiger partial charge in [0.25, 0.3) is 0 Å². The lowest BCUT2D eigenvalue weighted by Gasteiger charge is -2.18. The Kier molecular flexibility index (Phi) is 5.79. The van der Waals surface area contributed by atoms with E-state index in [1.54, 1.807) is 0 Å². The van der Waals surface area contributed by atoms with E-state index < -0.39 is 12.0 Å². The maximum atomic E-state index is 10.9. The van der Waals surface area contributed by atoms with E-state index in [-0.39, 0.29) is 18.3 Å². The van der Waals surface area contributed by atoms with Crippen molar-refractivity contribution in [2.24, 2.45) is 5.92 Å². The molecule has 0 bridgehead atoms. The van der Waals surface area contributed by atoms with Crippen molar-refractivity contribution in [3.63, 3.8) is 0 Å². The molecule has 3 nitrogen and oxygen atoms in total. The van der Waals surface area contributed by atoms with E-state index >= 15 is 0 Å². The molecule has 0 spiro atoms. The number of para-hydroxylation sites is 1. The molecule has 0 unspecified atom stereocenters. The first kappa shape index (κ1) is 13.8. The quantitative estimate of drug-likeness (QED) is 0.835. The Morgan fingerprint density at radius 3 is 2.20 bits per heavy atom. The summed E-state index contributed by atoms with van der Waals surface area (Å²) in [7, 11) is 0. The van der Waals surface area contributed by atoms with Crippen molar-refractivity contribution in [3.8, 4) is 0 Å². The maximum absolute atomic E-state index is 10.9. The minimum Gasteiger partial charge on any atom is -0.480 e. The van der Waals surface area contributed by atoms with Crippen LogP contribution in [0.1, 0.15) is 13.8 Å². The zero-order chi connectivity index (χ0) is 10.6. The van der Waals surface area contributed by atoms with Crippen LogP contribution in [-0.4, -0.2) is 17.1 Å². The molecule has 0 fully saturated rings. The van der Waals surface area contributed by atoms with Crippen molar-refractivity contribution >= 4 is 24.1 Å². The molecule has 0 saturated carbocycles.